The Bertz CT molecular complexity index is 462. The van der Waals surface area contributed by atoms with Crippen LogP contribution in [0, 0.1) is 5.41 Å². The number of rotatable bonds is 6. The lowest BCUT2D eigenvalue weighted by Crippen LogP contribution is -2.35. The summed E-state index contributed by atoms with van der Waals surface area (Å²) < 4.78 is 10.5. The molecule has 1 unspecified atom stereocenters. The molecule has 21 heavy (non-hydrogen) atoms. The summed E-state index contributed by atoms with van der Waals surface area (Å²) in [5.41, 5.74) is 0.436. The van der Waals surface area contributed by atoms with Gasteiger partial charge in [0.2, 0.25) is 5.91 Å². The second-order valence-corrected chi connectivity index (χ2v) is 5.31. The second-order valence-electron chi connectivity index (χ2n) is 5.31. The first-order chi connectivity index (χ1) is 9.64. The van der Waals surface area contributed by atoms with Gasteiger partial charge in [-0.1, -0.05) is 6.07 Å². The third-order valence-electron chi connectivity index (χ3n) is 3.56. The van der Waals surface area contributed by atoms with Crippen LogP contribution in [0.25, 0.3) is 0 Å². The van der Waals surface area contributed by atoms with Crippen LogP contribution >= 0.6 is 12.4 Å². The average Bonchev–Trinajstić information content (AvgIpc) is 2.88. The highest BCUT2D eigenvalue weighted by Gasteiger charge is 2.36. The topological polar surface area (TPSA) is 59.6 Å². The first-order valence-corrected chi connectivity index (χ1v) is 6.88. The van der Waals surface area contributed by atoms with Crippen molar-refractivity contribution >= 4 is 24.0 Å². The fourth-order valence-corrected chi connectivity index (χ4v) is 2.20. The maximum absolute atomic E-state index is 12.3. The molecule has 1 aromatic carbocycles. The van der Waals surface area contributed by atoms with Gasteiger partial charge in [-0.3, -0.25) is 4.79 Å². The number of hydrogen-bond donors (Lipinski definition) is 2. The van der Waals surface area contributed by atoms with Crippen molar-refractivity contribution in [2.24, 2.45) is 5.41 Å². The van der Waals surface area contributed by atoms with Crippen LogP contribution in [0.4, 0.5) is 5.69 Å². The van der Waals surface area contributed by atoms with Crippen LogP contribution in [0.3, 0.4) is 0 Å². The molecule has 1 amide bonds. The number of halogens is 1. The van der Waals surface area contributed by atoms with Crippen LogP contribution in [0.5, 0.6) is 5.75 Å². The van der Waals surface area contributed by atoms with Gasteiger partial charge in [-0.15, -0.1) is 12.4 Å². The predicted molar refractivity (Wildman–Crippen MR) is 85.3 cm³/mol. The Hall–Kier alpha value is -1.30. The standard InChI is InChI=1S/C15H22N2O3.ClH/c1-15(6-7-16-11-15)14(18)17-12-4-3-5-13(10-12)20-9-8-19-2;/h3-5,10,16H,6-9,11H2,1-2H3,(H,17,18);1H. The number of carbonyl (C=O) groups is 1. The summed E-state index contributed by atoms with van der Waals surface area (Å²) in [6.45, 7) is 4.64. The Balaban J connectivity index is 0.00000220. The zero-order valence-electron chi connectivity index (χ0n) is 12.5. The van der Waals surface area contributed by atoms with Crippen LogP contribution in [0.15, 0.2) is 24.3 Å². The fraction of sp³-hybridized carbons (Fsp3) is 0.533. The van der Waals surface area contributed by atoms with Gasteiger partial charge >= 0.3 is 0 Å². The molecule has 1 atom stereocenters. The third-order valence-corrected chi connectivity index (χ3v) is 3.56. The van der Waals surface area contributed by atoms with E-state index in [0.717, 1.165) is 30.9 Å². The Morgan fingerprint density at radius 3 is 2.90 bits per heavy atom. The molecule has 1 fully saturated rings. The molecule has 0 saturated carbocycles. The zero-order chi connectivity index (χ0) is 14.4. The molecular formula is C15H23ClN2O3. The third kappa shape index (κ3) is 4.88. The van der Waals surface area contributed by atoms with E-state index in [4.69, 9.17) is 9.47 Å². The molecule has 0 aromatic heterocycles. The second kappa shape index (κ2) is 8.22. The monoisotopic (exact) mass is 314 g/mol. The molecule has 1 saturated heterocycles. The van der Waals surface area contributed by atoms with Crippen LogP contribution < -0.4 is 15.4 Å². The molecular weight excluding hydrogens is 292 g/mol. The first kappa shape index (κ1) is 17.8. The maximum atomic E-state index is 12.3. The Morgan fingerprint density at radius 2 is 2.24 bits per heavy atom. The highest BCUT2D eigenvalue weighted by atomic mass is 35.5. The van der Waals surface area contributed by atoms with Crippen molar-refractivity contribution in [2.45, 2.75) is 13.3 Å². The highest BCUT2D eigenvalue weighted by Crippen LogP contribution is 2.27. The lowest BCUT2D eigenvalue weighted by molar-refractivity contribution is -0.123. The molecule has 5 nitrogen and oxygen atoms in total. The number of ether oxygens (including phenoxy) is 2. The summed E-state index contributed by atoms with van der Waals surface area (Å²) in [4.78, 5) is 12.3. The van der Waals surface area contributed by atoms with Gasteiger partial charge < -0.3 is 20.1 Å². The SMILES string of the molecule is COCCOc1cccc(NC(=O)C2(C)CCNC2)c1.Cl. The molecule has 0 bridgehead atoms. The minimum absolute atomic E-state index is 0. The van der Waals surface area contributed by atoms with Gasteiger partial charge in [0, 0.05) is 25.4 Å². The van der Waals surface area contributed by atoms with E-state index in [-0.39, 0.29) is 23.7 Å². The number of hydrogen-bond acceptors (Lipinski definition) is 4. The Morgan fingerprint density at radius 1 is 1.43 bits per heavy atom. The van der Waals surface area contributed by atoms with E-state index < -0.39 is 0 Å². The van der Waals surface area contributed by atoms with E-state index in [0.29, 0.717) is 13.2 Å². The summed E-state index contributed by atoms with van der Waals surface area (Å²) in [5.74, 6) is 0.783. The summed E-state index contributed by atoms with van der Waals surface area (Å²) >= 11 is 0. The van der Waals surface area contributed by atoms with Crippen molar-refractivity contribution in [3.63, 3.8) is 0 Å². The van der Waals surface area contributed by atoms with Gasteiger partial charge in [0.15, 0.2) is 0 Å². The van der Waals surface area contributed by atoms with Gasteiger partial charge in [0.1, 0.15) is 12.4 Å². The largest absolute Gasteiger partial charge is 0.491 e. The average molecular weight is 315 g/mol. The van der Waals surface area contributed by atoms with E-state index in [1.165, 1.54) is 0 Å². The van der Waals surface area contributed by atoms with Gasteiger partial charge in [-0.05, 0) is 32.0 Å². The van der Waals surface area contributed by atoms with Crippen molar-refractivity contribution in [1.29, 1.82) is 0 Å². The smallest absolute Gasteiger partial charge is 0.231 e. The lowest BCUT2D eigenvalue weighted by Gasteiger charge is -2.21. The predicted octanol–water partition coefficient (Wildman–Crippen LogP) is 2.07. The van der Waals surface area contributed by atoms with Crippen molar-refractivity contribution in [2.75, 3.05) is 38.7 Å². The van der Waals surface area contributed by atoms with E-state index >= 15 is 0 Å². The maximum Gasteiger partial charge on any atom is 0.231 e. The summed E-state index contributed by atoms with van der Waals surface area (Å²) in [6.07, 6.45) is 0.864. The molecule has 0 spiro atoms. The number of amides is 1. The summed E-state index contributed by atoms with van der Waals surface area (Å²) in [6, 6.07) is 7.43. The minimum Gasteiger partial charge on any atom is -0.491 e. The molecule has 2 N–H and O–H groups in total. The molecule has 1 aliphatic rings. The Kier molecular flexibility index (Phi) is 6.95. The van der Waals surface area contributed by atoms with Crippen LogP contribution in [-0.4, -0.2) is 39.3 Å². The number of carbonyl (C=O) groups excluding carboxylic acids is 1. The zero-order valence-corrected chi connectivity index (χ0v) is 13.3. The number of methoxy groups -OCH3 is 1. The van der Waals surface area contributed by atoms with Crippen molar-refractivity contribution < 1.29 is 14.3 Å². The quantitative estimate of drug-likeness (QED) is 0.789. The van der Waals surface area contributed by atoms with E-state index in [9.17, 15) is 4.79 Å². The molecule has 1 heterocycles. The number of anilines is 1. The fourth-order valence-electron chi connectivity index (χ4n) is 2.20. The minimum atomic E-state index is -0.326. The molecule has 6 heteroatoms. The number of nitrogens with one attached hydrogen (secondary N) is 2. The highest BCUT2D eigenvalue weighted by molar-refractivity contribution is 5.95. The molecule has 2 rings (SSSR count). The first-order valence-electron chi connectivity index (χ1n) is 6.88. The molecule has 0 aliphatic carbocycles. The Labute approximate surface area is 131 Å². The lowest BCUT2D eigenvalue weighted by atomic mass is 9.89. The van der Waals surface area contributed by atoms with E-state index in [1.807, 2.05) is 31.2 Å². The summed E-state index contributed by atoms with van der Waals surface area (Å²) in [5, 5.41) is 6.19. The normalized spacial score (nSPS) is 20.7. The van der Waals surface area contributed by atoms with Gasteiger partial charge in [0.05, 0.1) is 12.0 Å². The van der Waals surface area contributed by atoms with Gasteiger partial charge in [-0.2, -0.15) is 0 Å². The van der Waals surface area contributed by atoms with Gasteiger partial charge in [0.25, 0.3) is 0 Å². The van der Waals surface area contributed by atoms with Crippen molar-refractivity contribution in [1.82, 2.24) is 5.32 Å². The van der Waals surface area contributed by atoms with E-state index in [1.54, 1.807) is 7.11 Å². The molecule has 1 aliphatic heterocycles. The van der Waals surface area contributed by atoms with Gasteiger partial charge in [-0.25, -0.2) is 0 Å². The van der Waals surface area contributed by atoms with E-state index in [2.05, 4.69) is 10.6 Å². The van der Waals surface area contributed by atoms with Crippen molar-refractivity contribution in [3.8, 4) is 5.75 Å². The van der Waals surface area contributed by atoms with Crippen LogP contribution in [-0.2, 0) is 9.53 Å². The number of benzene rings is 1. The molecule has 118 valence electrons. The van der Waals surface area contributed by atoms with Crippen molar-refractivity contribution in [3.05, 3.63) is 24.3 Å². The summed E-state index contributed by atoms with van der Waals surface area (Å²) in [7, 11) is 1.64. The molecule has 0 radical (unpaired) electrons. The molecule has 1 aromatic rings. The van der Waals surface area contributed by atoms with Crippen LogP contribution in [0.2, 0.25) is 0 Å². The van der Waals surface area contributed by atoms with Crippen LogP contribution in [0.1, 0.15) is 13.3 Å².